The van der Waals surface area contributed by atoms with E-state index >= 15 is 0 Å². The van der Waals surface area contributed by atoms with Gasteiger partial charge in [-0.15, -0.1) is 0 Å². The molecule has 2 aromatic carbocycles. The number of rotatable bonds is 6. The molecular formula is C19H22FN3O2. The zero-order chi connectivity index (χ0) is 18.4. The van der Waals surface area contributed by atoms with Crippen LogP contribution in [0.3, 0.4) is 0 Å². The largest absolute Gasteiger partial charge is 0.378 e. The predicted octanol–water partition coefficient (Wildman–Crippen LogP) is 3.27. The lowest BCUT2D eigenvalue weighted by Crippen LogP contribution is -2.32. The van der Waals surface area contributed by atoms with Gasteiger partial charge in [-0.05, 0) is 42.5 Å². The number of hydrogen-bond donors (Lipinski definition) is 1. The normalized spacial score (nSPS) is 10.2. The van der Waals surface area contributed by atoms with Gasteiger partial charge in [-0.2, -0.15) is 0 Å². The minimum absolute atomic E-state index is 0.117. The van der Waals surface area contributed by atoms with Crippen molar-refractivity contribution in [3.63, 3.8) is 0 Å². The molecule has 25 heavy (non-hydrogen) atoms. The van der Waals surface area contributed by atoms with Crippen molar-refractivity contribution in [1.29, 1.82) is 0 Å². The minimum Gasteiger partial charge on any atom is -0.378 e. The second kappa shape index (κ2) is 8.28. The number of hydrogen-bond acceptors (Lipinski definition) is 3. The highest BCUT2D eigenvalue weighted by Gasteiger charge is 2.14. The molecule has 0 unspecified atom stereocenters. The van der Waals surface area contributed by atoms with Gasteiger partial charge in [-0.3, -0.25) is 9.59 Å². The summed E-state index contributed by atoms with van der Waals surface area (Å²) in [5, 5.41) is 2.63. The van der Waals surface area contributed by atoms with E-state index in [4.69, 9.17) is 0 Å². The van der Waals surface area contributed by atoms with E-state index in [0.29, 0.717) is 5.69 Å². The lowest BCUT2D eigenvalue weighted by molar-refractivity contribution is -0.117. The summed E-state index contributed by atoms with van der Waals surface area (Å²) in [5.41, 5.74) is 2.16. The number of nitrogens with one attached hydrogen (secondary N) is 1. The van der Waals surface area contributed by atoms with E-state index in [2.05, 4.69) is 5.32 Å². The van der Waals surface area contributed by atoms with Gasteiger partial charge >= 0.3 is 0 Å². The zero-order valence-electron chi connectivity index (χ0n) is 14.6. The molecule has 0 saturated heterocycles. The topological polar surface area (TPSA) is 52.7 Å². The number of carbonyl (C=O) groups is 2. The van der Waals surface area contributed by atoms with Crippen LogP contribution >= 0.6 is 0 Å². The summed E-state index contributed by atoms with van der Waals surface area (Å²) in [4.78, 5) is 27.5. The molecular weight excluding hydrogens is 321 g/mol. The number of anilines is 3. The molecule has 0 aromatic heterocycles. The van der Waals surface area contributed by atoms with Gasteiger partial charge in [0.2, 0.25) is 11.8 Å². The summed E-state index contributed by atoms with van der Waals surface area (Å²) < 4.78 is 13.1. The minimum atomic E-state index is -0.413. The second-order valence-corrected chi connectivity index (χ2v) is 5.89. The van der Waals surface area contributed by atoms with Crippen molar-refractivity contribution in [1.82, 2.24) is 0 Å². The average Bonchev–Trinajstić information content (AvgIpc) is 2.55. The van der Waals surface area contributed by atoms with E-state index < -0.39 is 5.82 Å². The van der Waals surface area contributed by atoms with Crippen LogP contribution in [-0.4, -0.2) is 32.5 Å². The molecule has 1 N–H and O–H groups in total. The average molecular weight is 343 g/mol. The monoisotopic (exact) mass is 343 g/mol. The van der Waals surface area contributed by atoms with Gasteiger partial charge in [-0.25, -0.2) is 4.39 Å². The lowest BCUT2D eigenvalue weighted by atomic mass is 10.2. The second-order valence-electron chi connectivity index (χ2n) is 5.89. The van der Waals surface area contributed by atoms with Crippen LogP contribution in [0.2, 0.25) is 0 Å². The molecule has 0 heterocycles. The highest BCUT2D eigenvalue weighted by atomic mass is 19.1. The molecule has 0 fully saturated rings. The van der Waals surface area contributed by atoms with E-state index in [9.17, 15) is 14.0 Å². The Labute approximate surface area is 147 Å². The third kappa shape index (κ3) is 5.31. The van der Waals surface area contributed by atoms with Gasteiger partial charge < -0.3 is 15.1 Å². The van der Waals surface area contributed by atoms with Crippen molar-refractivity contribution in [2.45, 2.75) is 13.3 Å². The molecule has 0 bridgehead atoms. The van der Waals surface area contributed by atoms with Crippen LogP contribution in [0.25, 0.3) is 0 Å². The molecule has 132 valence electrons. The number of amides is 2. The van der Waals surface area contributed by atoms with Crippen molar-refractivity contribution in [2.24, 2.45) is 0 Å². The van der Waals surface area contributed by atoms with Crippen molar-refractivity contribution in [3.05, 3.63) is 54.3 Å². The maximum absolute atomic E-state index is 13.1. The number of benzene rings is 2. The maximum atomic E-state index is 13.1. The SMILES string of the molecule is CC(=O)N(CCC(=O)Nc1cccc(F)c1)c1ccc(N(C)C)cc1. The van der Waals surface area contributed by atoms with Crippen LogP contribution in [0.1, 0.15) is 13.3 Å². The number of halogens is 1. The fourth-order valence-electron chi connectivity index (χ4n) is 2.40. The van der Waals surface area contributed by atoms with Crippen molar-refractivity contribution in [2.75, 3.05) is 35.8 Å². The van der Waals surface area contributed by atoms with Gasteiger partial charge in [-0.1, -0.05) is 6.07 Å². The van der Waals surface area contributed by atoms with E-state index in [-0.39, 0.29) is 24.8 Å². The summed E-state index contributed by atoms with van der Waals surface area (Å²) in [6.07, 6.45) is 0.117. The lowest BCUT2D eigenvalue weighted by Gasteiger charge is -2.22. The molecule has 0 aliphatic rings. The smallest absolute Gasteiger partial charge is 0.226 e. The fraction of sp³-hybridized carbons (Fsp3) is 0.263. The summed E-state index contributed by atoms with van der Waals surface area (Å²) in [6.45, 7) is 1.71. The van der Waals surface area contributed by atoms with E-state index in [0.717, 1.165) is 11.4 Å². The molecule has 0 aliphatic carbocycles. The molecule has 0 saturated carbocycles. The molecule has 2 rings (SSSR count). The number of nitrogens with zero attached hydrogens (tertiary/aromatic N) is 2. The summed E-state index contributed by atoms with van der Waals surface area (Å²) in [7, 11) is 3.88. The maximum Gasteiger partial charge on any atom is 0.226 e. The van der Waals surface area contributed by atoms with E-state index in [1.807, 2.05) is 43.3 Å². The Morgan fingerprint density at radius 1 is 1.04 bits per heavy atom. The quantitative estimate of drug-likeness (QED) is 0.876. The first-order valence-electron chi connectivity index (χ1n) is 7.97. The van der Waals surface area contributed by atoms with Crippen LogP contribution < -0.4 is 15.1 Å². The first kappa shape index (κ1) is 18.4. The van der Waals surface area contributed by atoms with Crippen molar-refractivity contribution < 1.29 is 14.0 Å². The van der Waals surface area contributed by atoms with Gasteiger partial charge in [0.1, 0.15) is 5.82 Å². The Balaban J connectivity index is 1.99. The summed E-state index contributed by atoms with van der Waals surface area (Å²) in [6, 6.07) is 13.2. The molecule has 0 radical (unpaired) electrons. The van der Waals surface area contributed by atoms with Gasteiger partial charge in [0.25, 0.3) is 0 Å². The van der Waals surface area contributed by atoms with Gasteiger partial charge in [0.05, 0.1) is 0 Å². The highest BCUT2D eigenvalue weighted by molar-refractivity contribution is 5.94. The molecule has 6 heteroatoms. The van der Waals surface area contributed by atoms with Crippen LogP contribution in [-0.2, 0) is 9.59 Å². The van der Waals surface area contributed by atoms with Crippen LogP contribution in [0, 0.1) is 5.82 Å². The zero-order valence-corrected chi connectivity index (χ0v) is 14.6. The molecule has 0 spiro atoms. The molecule has 2 amide bonds. The van der Waals surface area contributed by atoms with Crippen molar-refractivity contribution >= 4 is 28.9 Å². The Hall–Kier alpha value is -2.89. The highest BCUT2D eigenvalue weighted by Crippen LogP contribution is 2.20. The Morgan fingerprint density at radius 2 is 1.68 bits per heavy atom. The molecule has 0 atom stereocenters. The summed E-state index contributed by atoms with van der Waals surface area (Å²) >= 11 is 0. The molecule has 5 nitrogen and oxygen atoms in total. The van der Waals surface area contributed by atoms with E-state index in [1.165, 1.54) is 25.1 Å². The predicted molar refractivity (Wildman–Crippen MR) is 98.4 cm³/mol. The van der Waals surface area contributed by atoms with Crippen molar-refractivity contribution in [3.8, 4) is 0 Å². The number of carbonyl (C=O) groups excluding carboxylic acids is 2. The first-order valence-corrected chi connectivity index (χ1v) is 7.97. The Morgan fingerprint density at radius 3 is 2.24 bits per heavy atom. The van der Waals surface area contributed by atoms with Crippen LogP contribution in [0.5, 0.6) is 0 Å². The first-order chi connectivity index (χ1) is 11.9. The summed E-state index contributed by atoms with van der Waals surface area (Å²) in [5.74, 6) is -0.831. The Bertz CT molecular complexity index is 745. The van der Waals surface area contributed by atoms with E-state index in [1.54, 1.807) is 11.0 Å². The van der Waals surface area contributed by atoms with Gasteiger partial charge in [0.15, 0.2) is 0 Å². The van der Waals surface area contributed by atoms with Gasteiger partial charge in [0, 0.05) is 51.0 Å². The Kier molecular flexibility index (Phi) is 6.11. The molecule has 2 aromatic rings. The standard InChI is InChI=1S/C19H22FN3O2/c1-14(24)23(18-9-7-17(8-10-18)22(2)3)12-11-19(25)21-16-6-4-5-15(20)13-16/h4-10,13H,11-12H2,1-3H3,(H,21,25). The third-order valence-corrected chi connectivity index (χ3v) is 3.73. The molecule has 0 aliphatic heterocycles. The van der Waals surface area contributed by atoms with Crippen LogP contribution in [0.15, 0.2) is 48.5 Å². The van der Waals surface area contributed by atoms with Crippen LogP contribution in [0.4, 0.5) is 21.5 Å². The third-order valence-electron chi connectivity index (χ3n) is 3.73. The fourth-order valence-corrected chi connectivity index (χ4v) is 2.40.